The molecule has 2 atom stereocenters. The number of benzene rings is 2. The van der Waals surface area contributed by atoms with E-state index in [-0.39, 0.29) is 12.5 Å². The quantitative estimate of drug-likeness (QED) is 0.761. The lowest BCUT2D eigenvalue weighted by atomic mass is 10.1. The zero-order chi connectivity index (χ0) is 21.6. The fourth-order valence-electron chi connectivity index (χ4n) is 3.77. The number of carbonyl (C=O) groups excluding carboxylic acids is 3. The average Bonchev–Trinajstić information content (AvgIpc) is 3.18. The van der Waals surface area contributed by atoms with E-state index >= 15 is 0 Å². The van der Waals surface area contributed by atoms with E-state index in [2.05, 4.69) is 15.7 Å². The molecular weight excluding hydrogens is 406 g/mol. The zero-order valence-corrected chi connectivity index (χ0v) is 17.5. The van der Waals surface area contributed by atoms with Gasteiger partial charge in [0.2, 0.25) is 5.91 Å². The molecule has 30 heavy (non-hydrogen) atoms. The molecule has 0 bridgehead atoms. The summed E-state index contributed by atoms with van der Waals surface area (Å²) < 4.78 is 0. The summed E-state index contributed by atoms with van der Waals surface area (Å²) in [5.74, 6) is -1.26. The van der Waals surface area contributed by atoms with Crippen LogP contribution in [0.1, 0.15) is 16.7 Å². The maximum atomic E-state index is 13.1. The third-order valence-electron chi connectivity index (χ3n) is 5.17. The van der Waals surface area contributed by atoms with Crippen LogP contribution in [0, 0.1) is 20.8 Å². The maximum Gasteiger partial charge on any atom is 0.263 e. The normalized spacial score (nSPS) is 20.1. The highest BCUT2D eigenvalue weighted by molar-refractivity contribution is 6.31. The maximum absolute atomic E-state index is 13.1. The Morgan fingerprint density at radius 1 is 1.10 bits per heavy atom. The van der Waals surface area contributed by atoms with Crippen molar-refractivity contribution in [2.75, 3.05) is 16.8 Å². The molecule has 0 radical (unpaired) electrons. The first-order chi connectivity index (χ1) is 14.3. The summed E-state index contributed by atoms with van der Waals surface area (Å²) >= 11 is 6.09. The lowest BCUT2D eigenvalue weighted by Crippen LogP contribution is -2.43. The van der Waals surface area contributed by atoms with Crippen molar-refractivity contribution in [3.05, 3.63) is 58.1 Å². The molecule has 2 heterocycles. The van der Waals surface area contributed by atoms with Crippen LogP contribution in [-0.2, 0) is 14.4 Å². The highest BCUT2D eigenvalue weighted by Gasteiger charge is 2.55. The van der Waals surface area contributed by atoms with Crippen molar-refractivity contribution in [1.29, 1.82) is 0 Å². The zero-order valence-electron chi connectivity index (χ0n) is 16.7. The topological polar surface area (TPSA) is 94.4 Å². The number of carbonyl (C=O) groups is 3. The second-order valence-electron chi connectivity index (χ2n) is 7.51. The van der Waals surface area contributed by atoms with Gasteiger partial charge in [0.05, 0.1) is 5.69 Å². The molecule has 1 fully saturated rings. The van der Waals surface area contributed by atoms with Gasteiger partial charge in [-0.2, -0.15) is 5.11 Å². The van der Waals surface area contributed by atoms with Gasteiger partial charge < -0.3 is 5.32 Å². The summed E-state index contributed by atoms with van der Waals surface area (Å²) in [6.07, 6.45) is 0. The van der Waals surface area contributed by atoms with E-state index in [1.807, 2.05) is 19.9 Å². The number of aryl methyl sites for hydroxylation is 2. The molecule has 2 aliphatic rings. The second-order valence-corrected chi connectivity index (χ2v) is 7.92. The minimum absolute atomic E-state index is 0.212. The SMILES string of the molecule is Cc1cc(C)cc(N2C(=O)[C@@H]3N=NN(CC(=O)Nc4cccc(Cl)c4C)[C@H]3C2=O)c1. The molecule has 8 nitrogen and oxygen atoms in total. The molecule has 1 saturated heterocycles. The highest BCUT2D eigenvalue weighted by Crippen LogP contribution is 2.32. The highest BCUT2D eigenvalue weighted by atomic mass is 35.5. The van der Waals surface area contributed by atoms with Gasteiger partial charge in [-0.25, -0.2) is 4.90 Å². The van der Waals surface area contributed by atoms with Gasteiger partial charge >= 0.3 is 0 Å². The number of anilines is 2. The molecule has 0 aromatic heterocycles. The van der Waals surface area contributed by atoms with Gasteiger partial charge in [-0.05, 0) is 61.7 Å². The van der Waals surface area contributed by atoms with Crippen molar-refractivity contribution >= 4 is 40.7 Å². The van der Waals surface area contributed by atoms with Crippen LogP contribution < -0.4 is 10.2 Å². The van der Waals surface area contributed by atoms with Gasteiger partial charge in [0.15, 0.2) is 12.1 Å². The van der Waals surface area contributed by atoms with Crippen LogP contribution in [0.2, 0.25) is 5.02 Å². The number of nitrogens with zero attached hydrogens (tertiary/aromatic N) is 4. The third kappa shape index (κ3) is 3.43. The Kier molecular flexibility index (Phi) is 5.03. The molecule has 2 aliphatic heterocycles. The number of fused-ring (bicyclic) bond motifs is 1. The molecule has 0 saturated carbocycles. The van der Waals surface area contributed by atoms with Gasteiger partial charge in [0.25, 0.3) is 11.8 Å². The fourth-order valence-corrected chi connectivity index (χ4v) is 3.94. The largest absolute Gasteiger partial charge is 0.324 e. The number of halogens is 1. The van der Waals surface area contributed by atoms with Crippen molar-refractivity contribution in [3.63, 3.8) is 0 Å². The van der Waals surface area contributed by atoms with Crippen molar-refractivity contribution < 1.29 is 14.4 Å². The molecule has 0 unspecified atom stereocenters. The number of rotatable bonds is 4. The monoisotopic (exact) mass is 425 g/mol. The van der Waals surface area contributed by atoms with Gasteiger partial charge in [-0.1, -0.05) is 29.0 Å². The van der Waals surface area contributed by atoms with Crippen LogP contribution >= 0.6 is 11.6 Å². The molecule has 2 aromatic carbocycles. The molecule has 9 heteroatoms. The first-order valence-electron chi connectivity index (χ1n) is 9.45. The summed E-state index contributed by atoms with van der Waals surface area (Å²) in [6.45, 7) is 5.38. The Morgan fingerprint density at radius 2 is 1.80 bits per heavy atom. The van der Waals surface area contributed by atoms with E-state index in [9.17, 15) is 14.4 Å². The van der Waals surface area contributed by atoms with Crippen LogP contribution in [0.4, 0.5) is 11.4 Å². The lowest BCUT2D eigenvalue weighted by molar-refractivity contribution is -0.123. The van der Waals surface area contributed by atoms with E-state index < -0.39 is 23.9 Å². The summed E-state index contributed by atoms with van der Waals surface area (Å²) in [4.78, 5) is 39.6. The minimum Gasteiger partial charge on any atom is -0.324 e. The molecule has 154 valence electrons. The van der Waals surface area contributed by atoms with Gasteiger partial charge in [-0.3, -0.25) is 19.4 Å². The molecule has 0 aliphatic carbocycles. The number of imide groups is 1. The van der Waals surface area contributed by atoms with Crippen LogP contribution in [-0.4, -0.2) is 41.4 Å². The van der Waals surface area contributed by atoms with E-state index in [0.29, 0.717) is 16.4 Å². The molecule has 1 N–H and O–H groups in total. The van der Waals surface area contributed by atoms with Crippen molar-refractivity contribution in [1.82, 2.24) is 5.01 Å². The predicted molar refractivity (Wildman–Crippen MR) is 112 cm³/mol. The van der Waals surface area contributed by atoms with Gasteiger partial charge in [-0.15, -0.1) is 0 Å². The van der Waals surface area contributed by atoms with Gasteiger partial charge in [0.1, 0.15) is 6.54 Å². The Balaban J connectivity index is 1.52. The molecule has 2 aromatic rings. The Labute approximate surface area is 178 Å². The van der Waals surface area contributed by atoms with Crippen molar-refractivity contribution in [2.45, 2.75) is 32.9 Å². The average molecular weight is 426 g/mol. The van der Waals surface area contributed by atoms with Crippen LogP contribution in [0.25, 0.3) is 0 Å². The Bertz CT molecular complexity index is 1080. The summed E-state index contributed by atoms with van der Waals surface area (Å²) in [7, 11) is 0. The standard InChI is InChI=1S/C21H20ClN5O3/c1-11-7-12(2)9-14(8-11)27-20(29)18-19(21(27)30)26(25-24-18)10-17(28)23-16-6-4-5-15(22)13(16)3/h4-9,18-19H,10H2,1-3H3,(H,23,28)/t18-,19-/m1/s1. The van der Waals surface area contributed by atoms with Crippen LogP contribution in [0.15, 0.2) is 46.7 Å². The van der Waals surface area contributed by atoms with Crippen molar-refractivity contribution in [3.8, 4) is 0 Å². The van der Waals surface area contributed by atoms with Crippen LogP contribution in [0.3, 0.4) is 0 Å². The molecule has 0 spiro atoms. The molecule has 4 rings (SSSR count). The predicted octanol–water partition coefficient (Wildman–Crippen LogP) is 3.20. The third-order valence-corrected chi connectivity index (χ3v) is 5.58. The summed E-state index contributed by atoms with van der Waals surface area (Å²) in [5.41, 5.74) is 3.70. The number of hydrogen-bond acceptors (Lipinski definition) is 6. The first kappa shape index (κ1) is 20.0. The summed E-state index contributed by atoms with van der Waals surface area (Å²) in [5, 5.41) is 12.4. The van der Waals surface area contributed by atoms with Crippen molar-refractivity contribution in [2.24, 2.45) is 10.3 Å². The molecular formula is C21H20ClN5O3. The lowest BCUT2D eigenvalue weighted by Gasteiger charge is -2.21. The number of amides is 3. The Morgan fingerprint density at radius 3 is 2.50 bits per heavy atom. The first-order valence-corrected chi connectivity index (χ1v) is 9.82. The Hall–Kier alpha value is -3.26. The summed E-state index contributed by atoms with van der Waals surface area (Å²) in [6, 6.07) is 8.85. The molecule has 3 amide bonds. The van der Waals surface area contributed by atoms with E-state index in [4.69, 9.17) is 11.6 Å². The fraction of sp³-hybridized carbons (Fsp3) is 0.286. The van der Waals surface area contributed by atoms with E-state index in [0.717, 1.165) is 21.6 Å². The van der Waals surface area contributed by atoms with E-state index in [1.165, 1.54) is 5.01 Å². The van der Waals surface area contributed by atoms with E-state index in [1.54, 1.807) is 37.3 Å². The number of hydrogen-bond donors (Lipinski definition) is 1. The smallest absolute Gasteiger partial charge is 0.263 e. The van der Waals surface area contributed by atoms with Gasteiger partial charge in [0, 0.05) is 10.7 Å². The second kappa shape index (κ2) is 7.53. The number of nitrogens with one attached hydrogen (secondary N) is 1. The minimum atomic E-state index is -0.945. The van der Waals surface area contributed by atoms with Crippen LogP contribution in [0.5, 0.6) is 0 Å².